The lowest BCUT2D eigenvalue weighted by Crippen LogP contribution is -2.16. The molecule has 0 amide bonds. The van der Waals surface area contributed by atoms with Gasteiger partial charge in [0.25, 0.3) is 15.7 Å². The molecule has 0 fully saturated rings. The first-order valence-corrected chi connectivity index (χ1v) is 8.72. The first kappa shape index (κ1) is 19.1. The van der Waals surface area contributed by atoms with E-state index in [1.54, 1.807) is 0 Å². The molecule has 0 aromatic heterocycles. The van der Waals surface area contributed by atoms with Gasteiger partial charge in [-0.1, -0.05) is 6.07 Å². The summed E-state index contributed by atoms with van der Waals surface area (Å²) in [5.74, 6) is -1.29. The maximum atomic E-state index is 12.5. The predicted octanol–water partition coefficient (Wildman–Crippen LogP) is 1.50. The number of aliphatic hydroxyl groups excluding tert-OH is 1. The number of nitro groups is 1. The highest BCUT2D eigenvalue weighted by Gasteiger charge is 2.20. The number of nitro benzene ring substituents is 1. The van der Waals surface area contributed by atoms with Crippen LogP contribution in [0.15, 0.2) is 47.4 Å². The van der Waals surface area contributed by atoms with Crippen molar-refractivity contribution < 1.29 is 28.3 Å². The number of sulfonamides is 1. The minimum atomic E-state index is -4.20. The largest absolute Gasteiger partial charge is 0.478 e. The highest BCUT2D eigenvalue weighted by Crippen LogP contribution is 2.29. The number of carbonyl (C=O) groups is 1. The molecule has 4 N–H and O–H groups in total. The summed E-state index contributed by atoms with van der Waals surface area (Å²) in [6.07, 6.45) is 0. The number of aliphatic hydroxyl groups is 1. The molecule has 26 heavy (non-hydrogen) atoms. The Morgan fingerprint density at radius 3 is 2.50 bits per heavy atom. The first-order valence-electron chi connectivity index (χ1n) is 7.24. The number of non-ortho nitro benzene ring substituents is 1. The van der Waals surface area contributed by atoms with Crippen molar-refractivity contribution >= 4 is 33.1 Å². The second-order valence-corrected chi connectivity index (χ2v) is 6.76. The van der Waals surface area contributed by atoms with Gasteiger partial charge in [0.05, 0.1) is 33.4 Å². The average molecular weight is 381 g/mol. The zero-order valence-corrected chi connectivity index (χ0v) is 14.1. The van der Waals surface area contributed by atoms with Crippen molar-refractivity contribution in [1.29, 1.82) is 0 Å². The molecule has 0 saturated carbocycles. The van der Waals surface area contributed by atoms with Crippen LogP contribution in [0.3, 0.4) is 0 Å². The fourth-order valence-corrected chi connectivity index (χ4v) is 3.19. The second kappa shape index (κ2) is 7.80. The summed E-state index contributed by atoms with van der Waals surface area (Å²) in [6, 6.07) is 8.20. The van der Waals surface area contributed by atoms with Crippen LogP contribution in [0.4, 0.5) is 17.1 Å². The topological polar surface area (TPSA) is 159 Å². The number of rotatable bonds is 8. The number of anilines is 2. The smallest absolute Gasteiger partial charge is 0.335 e. The minimum absolute atomic E-state index is 0.0983. The maximum Gasteiger partial charge on any atom is 0.335 e. The number of benzene rings is 2. The lowest BCUT2D eigenvalue weighted by Gasteiger charge is -2.14. The summed E-state index contributed by atoms with van der Waals surface area (Å²) in [5, 5.41) is 31.5. The quantitative estimate of drug-likeness (QED) is 0.395. The van der Waals surface area contributed by atoms with Crippen LogP contribution < -0.4 is 10.0 Å². The van der Waals surface area contributed by atoms with Gasteiger partial charge in [0.2, 0.25) is 0 Å². The number of carboxylic acids is 1. The van der Waals surface area contributed by atoms with Crippen LogP contribution in [-0.2, 0) is 10.0 Å². The van der Waals surface area contributed by atoms with Crippen LogP contribution in [0.1, 0.15) is 10.4 Å². The average Bonchev–Trinajstić information content (AvgIpc) is 2.60. The third-order valence-corrected chi connectivity index (χ3v) is 4.64. The van der Waals surface area contributed by atoms with Gasteiger partial charge in [-0.25, -0.2) is 13.2 Å². The van der Waals surface area contributed by atoms with Crippen molar-refractivity contribution in [3.8, 4) is 0 Å². The van der Waals surface area contributed by atoms with Gasteiger partial charge in [-0.3, -0.25) is 14.8 Å². The molecule has 0 spiro atoms. The number of hydrogen-bond acceptors (Lipinski definition) is 7. The van der Waals surface area contributed by atoms with Gasteiger partial charge in [-0.05, 0) is 24.3 Å². The fourth-order valence-electron chi connectivity index (χ4n) is 2.07. The fraction of sp³-hybridized carbons (Fsp3) is 0.133. The Balaban J connectivity index is 2.44. The molecule has 0 aliphatic rings. The summed E-state index contributed by atoms with van der Waals surface area (Å²) in [7, 11) is -4.20. The van der Waals surface area contributed by atoms with Gasteiger partial charge < -0.3 is 15.5 Å². The van der Waals surface area contributed by atoms with E-state index in [9.17, 15) is 23.3 Å². The third-order valence-electron chi connectivity index (χ3n) is 3.28. The summed E-state index contributed by atoms with van der Waals surface area (Å²) in [6.45, 7) is -0.134. The zero-order valence-electron chi connectivity index (χ0n) is 13.2. The molecule has 0 bridgehead atoms. The van der Waals surface area contributed by atoms with Crippen molar-refractivity contribution in [1.82, 2.24) is 0 Å². The Hall–Kier alpha value is -3.18. The molecular weight excluding hydrogens is 366 g/mol. The van der Waals surface area contributed by atoms with Crippen LogP contribution in [0.5, 0.6) is 0 Å². The number of aromatic carboxylic acids is 1. The van der Waals surface area contributed by atoms with E-state index in [-0.39, 0.29) is 40.7 Å². The lowest BCUT2D eigenvalue weighted by molar-refractivity contribution is -0.384. The van der Waals surface area contributed by atoms with Crippen LogP contribution in [0.2, 0.25) is 0 Å². The second-order valence-electron chi connectivity index (χ2n) is 5.08. The molecule has 0 unspecified atom stereocenters. The summed E-state index contributed by atoms with van der Waals surface area (Å²) >= 11 is 0. The summed E-state index contributed by atoms with van der Waals surface area (Å²) in [5.41, 5.74) is -0.432. The van der Waals surface area contributed by atoms with Crippen LogP contribution in [0.25, 0.3) is 0 Å². The molecule has 0 aliphatic heterocycles. The third kappa shape index (κ3) is 4.46. The van der Waals surface area contributed by atoms with Crippen molar-refractivity contribution in [2.45, 2.75) is 4.90 Å². The van der Waals surface area contributed by atoms with E-state index >= 15 is 0 Å². The Labute approximate surface area is 148 Å². The van der Waals surface area contributed by atoms with E-state index in [0.717, 1.165) is 12.1 Å². The van der Waals surface area contributed by atoms with Gasteiger partial charge in [-0.2, -0.15) is 0 Å². The van der Waals surface area contributed by atoms with Crippen molar-refractivity contribution in [2.75, 3.05) is 23.2 Å². The van der Waals surface area contributed by atoms with Gasteiger partial charge in [-0.15, -0.1) is 0 Å². The zero-order chi connectivity index (χ0) is 19.3. The molecule has 0 heterocycles. The Kier molecular flexibility index (Phi) is 5.75. The molecule has 11 heteroatoms. The van der Waals surface area contributed by atoms with Gasteiger partial charge >= 0.3 is 5.97 Å². The number of carboxylic acid groups (broad SMARTS) is 1. The van der Waals surface area contributed by atoms with Crippen molar-refractivity contribution in [2.24, 2.45) is 0 Å². The SMILES string of the molecule is O=C(O)c1cccc(S(=O)(=O)Nc2cc([N+](=O)[O-])ccc2NCCO)c1. The molecule has 0 saturated heterocycles. The van der Waals surface area contributed by atoms with Gasteiger partial charge in [0.1, 0.15) is 0 Å². The maximum absolute atomic E-state index is 12.5. The molecule has 138 valence electrons. The van der Waals surface area contributed by atoms with Gasteiger partial charge in [0.15, 0.2) is 0 Å². The van der Waals surface area contributed by atoms with E-state index in [4.69, 9.17) is 10.2 Å². The van der Waals surface area contributed by atoms with E-state index in [0.29, 0.717) is 0 Å². The minimum Gasteiger partial charge on any atom is -0.478 e. The standard InChI is InChI=1S/C15H15N3O7S/c19-7-6-16-13-5-4-11(18(22)23)9-14(13)17-26(24,25)12-3-1-2-10(8-12)15(20)21/h1-5,8-9,16-17,19H,6-7H2,(H,20,21). The first-order chi connectivity index (χ1) is 12.2. The van der Waals surface area contributed by atoms with E-state index in [1.165, 1.54) is 30.3 Å². The van der Waals surface area contributed by atoms with E-state index in [1.807, 2.05) is 0 Å². The Bertz CT molecular complexity index is 944. The van der Waals surface area contributed by atoms with Crippen LogP contribution >= 0.6 is 0 Å². The van der Waals surface area contributed by atoms with E-state index < -0.39 is 20.9 Å². The number of nitrogens with zero attached hydrogens (tertiary/aromatic N) is 1. The normalized spacial score (nSPS) is 11.0. The molecule has 0 atom stereocenters. The van der Waals surface area contributed by atoms with Gasteiger partial charge in [0, 0.05) is 18.7 Å². The van der Waals surface area contributed by atoms with Crippen LogP contribution in [-0.4, -0.2) is 42.7 Å². The molecule has 0 aliphatic carbocycles. The van der Waals surface area contributed by atoms with Crippen molar-refractivity contribution in [3.05, 3.63) is 58.1 Å². The number of nitrogens with one attached hydrogen (secondary N) is 2. The Morgan fingerprint density at radius 2 is 1.88 bits per heavy atom. The molecule has 2 aromatic carbocycles. The Morgan fingerprint density at radius 1 is 1.15 bits per heavy atom. The van der Waals surface area contributed by atoms with Crippen LogP contribution in [0, 0.1) is 10.1 Å². The molecule has 2 aromatic rings. The molecule has 2 rings (SSSR count). The highest BCUT2D eigenvalue weighted by molar-refractivity contribution is 7.92. The van der Waals surface area contributed by atoms with E-state index in [2.05, 4.69) is 10.0 Å². The van der Waals surface area contributed by atoms with Crippen molar-refractivity contribution in [3.63, 3.8) is 0 Å². The molecule has 0 radical (unpaired) electrons. The summed E-state index contributed by atoms with van der Waals surface area (Å²) < 4.78 is 27.3. The molecule has 10 nitrogen and oxygen atoms in total. The summed E-state index contributed by atoms with van der Waals surface area (Å²) in [4.78, 5) is 21.0. The predicted molar refractivity (Wildman–Crippen MR) is 92.9 cm³/mol. The number of hydrogen-bond donors (Lipinski definition) is 4. The highest BCUT2D eigenvalue weighted by atomic mass is 32.2. The molecular formula is C15H15N3O7S. The monoisotopic (exact) mass is 381 g/mol. The lowest BCUT2D eigenvalue weighted by atomic mass is 10.2.